The monoisotopic (exact) mass is 326 g/mol. The highest BCUT2D eigenvalue weighted by Crippen LogP contribution is 2.25. The highest BCUT2D eigenvalue weighted by atomic mass is 79.9. The zero-order chi connectivity index (χ0) is 13.7. The van der Waals surface area contributed by atoms with Gasteiger partial charge in [0.1, 0.15) is 12.4 Å². The summed E-state index contributed by atoms with van der Waals surface area (Å²) in [5, 5.41) is 8.15. The van der Waals surface area contributed by atoms with Crippen LogP contribution in [0.4, 0.5) is 0 Å². The second-order valence-electron chi connectivity index (χ2n) is 3.97. The van der Waals surface area contributed by atoms with Crippen LogP contribution in [-0.2, 0) is 16.2 Å². The average molecular weight is 327 g/mol. The van der Waals surface area contributed by atoms with Crippen LogP contribution in [0.3, 0.4) is 0 Å². The van der Waals surface area contributed by atoms with Crippen molar-refractivity contribution in [3.8, 4) is 11.3 Å². The number of hydrogen-bond donors (Lipinski definition) is 0. The molecule has 0 fully saturated rings. The van der Waals surface area contributed by atoms with Gasteiger partial charge >= 0.3 is 0 Å². The number of methoxy groups -OCH3 is 1. The van der Waals surface area contributed by atoms with Gasteiger partial charge in [0.15, 0.2) is 0 Å². The molecule has 2 aromatic rings. The zero-order valence-corrected chi connectivity index (χ0v) is 12.4. The minimum absolute atomic E-state index is 0.358. The maximum Gasteiger partial charge on any atom is 0.141 e. The van der Waals surface area contributed by atoms with Crippen molar-refractivity contribution >= 4 is 15.9 Å². The van der Waals surface area contributed by atoms with Gasteiger partial charge in [0.2, 0.25) is 0 Å². The van der Waals surface area contributed by atoms with E-state index in [1.807, 2.05) is 13.1 Å². The van der Waals surface area contributed by atoms with Crippen LogP contribution in [0.1, 0.15) is 5.56 Å². The van der Waals surface area contributed by atoms with Gasteiger partial charge in [-0.1, -0.05) is 5.21 Å². The number of ether oxygens (including phenoxy) is 2. The predicted octanol–water partition coefficient (Wildman–Crippen LogP) is 2.03. The van der Waals surface area contributed by atoms with E-state index in [0.717, 1.165) is 21.3 Å². The Morgan fingerprint density at radius 1 is 1.32 bits per heavy atom. The minimum Gasteiger partial charge on any atom is -0.382 e. The highest BCUT2D eigenvalue weighted by molar-refractivity contribution is 9.10. The van der Waals surface area contributed by atoms with E-state index in [-0.39, 0.29) is 0 Å². The lowest BCUT2D eigenvalue weighted by Crippen LogP contribution is -2.07. The van der Waals surface area contributed by atoms with Crippen molar-refractivity contribution in [2.45, 2.75) is 13.7 Å². The molecule has 0 spiro atoms. The Labute approximate surface area is 119 Å². The van der Waals surface area contributed by atoms with E-state index in [2.05, 4.69) is 31.2 Å². The predicted molar refractivity (Wildman–Crippen MR) is 73.5 cm³/mol. The number of hydrogen-bond acceptors (Lipinski definition) is 5. The SMILES string of the molecule is COCCOCn1cc(-c2cncc(Br)c2C)nn1. The summed E-state index contributed by atoms with van der Waals surface area (Å²) in [7, 11) is 1.64. The molecule has 6 nitrogen and oxygen atoms in total. The number of halogens is 1. The third-order valence-electron chi connectivity index (χ3n) is 2.62. The third kappa shape index (κ3) is 3.59. The summed E-state index contributed by atoms with van der Waals surface area (Å²) in [6.45, 7) is 3.46. The molecule has 2 aromatic heterocycles. The smallest absolute Gasteiger partial charge is 0.141 e. The summed E-state index contributed by atoms with van der Waals surface area (Å²) in [5.41, 5.74) is 2.82. The van der Waals surface area contributed by atoms with E-state index in [1.54, 1.807) is 24.2 Å². The lowest BCUT2D eigenvalue weighted by molar-refractivity contribution is 0.0281. The van der Waals surface area contributed by atoms with Gasteiger partial charge < -0.3 is 9.47 Å². The van der Waals surface area contributed by atoms with Crippen molar-refractivity contribution in [2.24, 2.45) is 0 Å². The normalized spacial score (nSPS) is 10.9. The number of nitrogens with zero attached hydrogens (tertiary/aromatic N) is 4. The van der Waals surface area contributed by atoms with Crippen molar-refractivity contribution in [1.82, 2.24) is 20.0 Å². The Hall–Kier alpha value is -1.31. The van der Waals surface area contributed by atoms with E-state index in [0.29, 0.717) is 19.9 Å². The van der Waals surface area contributed by atoms with Crippen LogP contribution in [0.15, 0.2) is 23.1 Å². The molecule has 0 atom stereocenters. The fourth-order valence-corrected chi connectivity index (χ4v) is 1.87. The lowest BCUT2D eigenvalue weighted by Gasteiger charge is -2.03. The van der Waals surface area contributed by atoms with Crippen LogP contribution < -0.4 is 0 Å². The molecule has 0 unspecified atom stereocenters. The topological polar surface area (TPSA) is 62.1 Å². The lowest BCUT2D eigenvalue weighted by atomic mass is 10.1. The molecular weight excluding hydrogens is 312 g/mol. The molecule has 2 heterocycles. The molecule has 0 saturated carbocycles. The van der Waals surface area contributed by atoms with Crippen molar-refractivity contribution in [3.63, 3.8) is 0 Å². The van der Waals surface area contributed by atoms with Gasteiger partial charge in [0, 0.05) is 29.5 Å². The van der Waals surface area contributed by atoms with Gasteiger partial charge in [-0.3, -0.25) is 4.98 Å². The minimum atomic E-state index is 0.358. The van der Waals surface area contributed by atoms with Gasteiger partial charge in [-0.05, 0) is 28.4 Å². The molecular formula is C12H15BrN4O2. The molecule has 0 aromatic carbocycles. The first-order chi connectivity index (χ1) is 9.22. The van der Waals surface area contributed by atoms with Crippen LogP contribution in [0.25, 0.3) is 11.3 Å². The Morgan fingerprint density at radius 3 is 2.95 bits per heavy atom. The number of aromatic nitrogens is 4. The van der Waals surface area contributed by atoms with Gasteiger partial charge in [0.25, 0.3) is 0 Å². The molecule has 0 aliphatic carbocycles. The maximum absolute atomic E-state index is 5.37. The van der Waals surface area contributed by atoms with E-state index in [1.165, 1.54) is 0 Å². The molecule has 0 radical (unpaired) electrons. The van der Waals surface area contributed by atoms with Gasteiger partial charge in [0.05, 0.1) is 19.4 Å². The molecule has 0 saturated heterocycles. The van der Waals surface area contributed by atoms with Crippen LogP contribution in [0.2, 0.25) is 0 Å². The Morgan fingerprint density at radius 2 is 2.16 bits per heavy atom. The maximum atomic E-state index is 5.37. The standard InChI is InChI=1S/C12H15BrN4O2/c1-9-10(5-14-6-11(9)13)12-7-17(16-15-12)8-19-4-3-18-2/h5-7H,3-4,8H2,1-2H3. The molecule has 0 amide bonds. The second-order valence-corrected chi connectivity index (χ2v) is 4.82. The van der Waals surface area contributed by atoms with Crippen molar-refractivity contribution in [2.75, 3.05) is 20.3 Å². The Bertz CT molecular complexity index is 544. The zero-order valence-electron chi connectivity index (χ0n) is 10.8. The molecule has 0 N–H and O–H groups in total. The average Bonchev–Trinajstić information content (AvgIpc) is 2.87. The largest absolute Gasteiger partial charge is 0.382 e. The first kappa shape index (κ1) is 14.1. The van der Waals surface area contributed by atoms with Crippen LogP contribution in [-0.4, -0.2) is 40.3 Å². The van der Waals surface area contributed by atoms with Gasteiger partial charge in [-0.25, -0.2) is 4.68 Å². The Kier molecular flexibility index (Phi) is 5.00. The van der Waals surface area contributed by atoms with Crippen LogP contribution in [0, 0.1) is 6.92 Å². The summed E-state index contributed by atoms with van der Waals surface area (Å²) >= 11 is 3.45. The molecule has 19 heavy (non-hydrogen) atoms. The molecule has 7 heteroatoms. The third-order valence-corrected chi connectivity index (χ3v) is 3.42. The molecule has 102 valence electrons. The van der Waals surface area contributed by atoms with Crippen LogP contribution in [0.5, 0.6) is 0 Å². The van der Waals surface area contributed by atoms with E-state index >= 15 is 0 Å². The van der Waals surface area contributed by atoms with Crippen LogP contribution >= 0.6 is 15.9 Å². The second kappa shape index (κ2) is 6.74. The van der Waals surface area contributed by atoms with Gasteiger partial charge in [-0.15, -0.1) is 5.10 Å². The summed E-state index contributed by atoms with van der Waals surface area (Å²) in [6, 6.07) is 0. The summed E-state index contributed by atoms with van der Waals surface area (Å²) in [4.78, 5) is 4.15. The van der Waals surface area contributed by atoms with Crippen molar-refractivity contribution in [3.05, 3.63) is 28.6 Å². The fraction of sp³-hybridized carbons (Fsp3) is 0.417. The molecule has 0 aliphatic rings. The highest BCUT2D eigenvalue weighted by Gasteiger charge is 2.09. The number of pyridine rings is 1. The number of rotatable bonds is 6. The fourth-order valence-electron chi connectivity index (χ4n) is 1.54. The van der Waals surface area contributed by atoms with E-state index in [9.17, 15) is 0 Å². The first-order valence-corrected chi connectivity index (χ1v) is 6.59. The summed E-state index contributed by atoms with van der Waals surface area (Å²) < 4.78 is 12.9. The van der Waals surface area contributed by atoms with Crippen molar-refractivity contribution in [1.29, 1.82) is 0 Å². The summed E-state index contributed by atoms with van der Waals surface area (Å²) in [5.74, 6) is 0. The first-order valence-electron chi connectivity index (χ1n) is 5.79. The van der Waals surface area contributed by atoms with E-state index in [4.69, 9.17) is 9.47 Å². The summed E-state index contributed by atoms with van der Waals surface area (Å²) in [6.07, 6.45) is 5.38. The molecule has 0 bridgehead atoms. The molecule has 0 aliphatic heterocycles. The Balaban J connectivity index is 2.06. The quantitative estimate of drug-likeness (QED) is 0.760. The molecule has 2 rings (SSSR count). The van der Waals surface area contributed by atoms with E-state index < -0.39 is 0 Å². The van der Waals surface area contributed by atoms with Gasteiger partial charge in [-0.2, -0.15) is 0 Å². The van der Waals surface area contributed by atoms with Crippen molar-refractivity contribution < 1.29 is 9.47 Å².